The van der Waals surface area contributed by atoms with E-state index in [9.17, 15) is 0 Å². The SMILES string of the molecule is O=S(=O)(O)O.[K].[K].[Mg]. The van der Waals surface area contributed by atoms with Crippen LogP contribution in [0.5, 0.6) is 0 Å². The van der Waals surface area contributed by atoms with Crippen molar-refractivity contribution in [2.45, 2.75) is 0 Å². The molecule has 0 atom stereocenters. The molecule has 0 aliphatic heterocycles. The third kappa shape index (κ3) is 51.5. The average molecular weight is 201 g/mol. The molecule has 0 aromatic rings. The molecule has 8 heteroatoms. The summed E-state index contributed by atoms with van der Waals surface area (Å²) in [4.78, 5) is 0. The van der Waals surface area contributed by atoms with Gasteiger partial charge < -0.3 is 0 Å². The van der Waals surface area contributed by atoms with Gasteiger partial charge in [-0.15, -0.1) is 0 Å². The van der Waals surface area contributed by atoms with Gasteiger partial charge in [0.2, 0.25) is 0 Å². The second-order valence-electron chi connectivity index (χ2n) is 0.448. The van der Waals surface area contributed by atoms with Gasteiger partial charge in [-0.25, -0.2) is 0 Å². The van der Waals surface area contributed by atoms with Gasteiger partial charge in [0.15, 0.2) is 0 Å². The summed E-state index contributed by atoms with van der Waals surface area (Å²) >= 11 is 0. The molecular weight excluding hydrogens is 199 g/mol. The van der Waals surface area contributed by atoms with Crippen LogP contribution in [0.15, 0.2) is 0 Å². The quantitative estimate of drug-likeness (QED) is 0.358. The Morgan fingerprint density at radius 1 is 1.00 bits per heavy atom. The maximum atomic E-state index is 8.74. The van der Waals surface area contributed by atoms with Gasteiger partial charge in [0.1, 0.15) is 0 Å². The number of hydrogen-bond donors (Lipinski definition) is 2. The molecule has 0 aliphatic rings. The smallest absolute Gasteiger partial charge is 0.264 e. The van der Waals surface area contributed by atoms with Gasteiger partial charge in [-0.05, 0) is 0 Å². The second-order valence-corrected chi connectivity index (χ2v) is 1.34. The molecule has 0 saturated heterocycles. The molecule has 0 unspecified atom stereocenters. The molecular formula is H2K2MgO4S. The maximum absolute atomic E-state index is 8.74. The van der Waals surface area contributed by atoms with Crippen molar-refractivity contribution in [3.8, 4) is 0 Å². The van der Waals surface area contributed by atoms with Crippen LogP contribution in [0.1, 0.15) is 0 Å². The molecule has 0 heterocycles. The zero-order valence-electron chi connectivity index (χ0n) is 4.83. The zero-order chi connectivity index (χ0) is 4.50. The van der Waals surface area contributed by atoms with Crippen LogP contribution in [0, 0.1) is 0 Å². The Labute approximate surface area is 149 Å². The monoisotopic (exact) mass is 200 g/mol. The standard InChI is InChI=1S/2K.Mg.H2O4S/c;;;1-5(2,3)4/h;;;(H2,1,2,3,4). The Kier molecular flexibility index (Phi) is 30.9. The van der Waals surface area contributed by atoms with Crippen LogP contribution in [0.2, 0.25) is 0 Å². The summed E-state index contributed by atoms with van der Waals surface area (Å²) in [6.45, 7) is 0. The van der Waals surface area contributed by atoms with Crippen LogP contribution in [0.25, 0.3) is 0 Å². The fourth-order valence-electron chi connectivity index (χ4n) is 0. The fraction of sp³-hybridized carbons (Fsp3) is 0. The topological polar surface area (TPSA) is 74.6 Å². The summed E-state index contributed by atoms with van der Waals surface area (Å²) in [6, 6.07) is 0. The summed E-state index contributed by atoms with van der Waals surface area (Å²) < 4.78 is 31.6. The summed E-state index contributed by atoms with van der Waals surface area (Å²) in [5.41, 5.74) is 0. The van der Waals surface area contributed by atoms with Crippen molar-refractivity contribution in [1.82, 2.24) is 0 Å². The average Bonchev–Trinajstić information content (AvgIpc) is 0.722. The van der Waals surface area contributed by atoms with Crippen molar-refractivity contribution >= 4 is 136 Å². The third-order valence-electron chi connectivity index (χ3n) is 0. The molecule has 0 saturated carbocycles. The van der Waals surface area contributed by atoms with Crippen LogP contribution in [0.4, 0.5) is 0 Å². The summed E-state index contributed by atoms with van der Waals surface area (Å²) in [7, 11) is -4.67. The third-order valence-corrected chi connectivity index (χ3v) is 0. The second kappa shape index (κ2) is 10.9. The molecule has 4 radical (unpaired) electrons. The van der Waals surface area contributed by atoms with Gasteiger partial charge in [0.25, 0.3) is 0 Å². The molecule has 36 valence electrons. The molecule has 0 aromatic carbocycles. The summed E-state index contributed by atoms with van der Waals surface area (Å²) in [5, 5.41) is 0. The van der Waals surface area contributed by atoms with Gasteiger partial charge >= 0.3 is 10.4 Å². The predicted octanol–water partition coefficient (Wildman–Crippen LogP) is -1.80. The first kappa shape index (κ1) is 22.7. The molecule has 4 nitrogen and oxygen atoms in total. The van der Waals surface area contributed by atoms with E-state index in [0.717, 1.165) is 0 Å². The van der Waals surface area contributed by atoms with Crippen LogP contribution < -0.4 is 0 Å². The van der Waals surface area contributed by atoms with Crippen molar-refractivity contribution < 1.29 is 17.5 Å². The Bertz CT molecular complexity index is 97.2. The molecule has 2 N–H and O–H groups in total. The maximum Gasteiger partial charge on any atom is 0.394 e. The van der Waals surface area contributed by atoms with E-state index in [0.29, 0.717) is 0 Å². The molecule has 0 bridgehead atoms. The van der Waals surface area contributed by atoms with Gasteiger partial charge in [-0.1, -0.05) is 0 Å². The van der Waals surface area contributed by atoms with Gasteiger partial charge in [-0.3, -0.25) is 9.11 Å². The summed E-state index contributed by atoms with van der Waals surface area (Å²) in [5.74, 6) is 0. The zero-order valence-corrected chi connectivity index (χ0v) is 13.3. The van der Waals surface area contributed by atoms with E-state index in [-0.39, 0.29) is 126 Å². The van der Waals surface area contributed by atoms with Crippen LogP contribution in [-0.4, -0.2) is 143 Å². The molecule has 0 aromatic heterocycles. The van der Waals surface area contributed by atoms with E-state index in [1.165, 1.54) is 0 Å². The molecule has 0 fully saturated rings. The Morgan fingerprint density at radius 2 is 1.00 bits per heavy atom. The van der Waals surface area contributed by atoms with Gasteiger partial charge in [0.05, 0.1) is 0 Å². The minimum Gasteiger partial charge on any atom is -0.264 e. The van der Waals surface area contributed by atoms with E-state index >= 15 is 0 Å². The van der Waals surface area contributed by atoms with E-state index in [1.807, 2.05) is 0 Å². The predicted molar refractivity (Wildman–Crippen MR) is 31.4 cm³/mol. The van der Waals surface area contributed by atoms with Crippen molar-refractivity contribution in [2.24, 2.45) is 0 Å². The minimum atomic E-state index is -4.67. The van der Waals surface area contributed by atoms with Crippen molar-refractivity contribution in [2.75, 3.05) is 0 Å². The van der Waals surface area contributed by atoms with Crippen molar-refractivity contribution in [3.05, 3.63) is 0 Å². The minimum absolute atomic E-state index is 0. The largest absolute Gasteiger partial charge is 0.394 e. The Hall–Kier alpha value is 3.91. The fourth-order valence-corrected chi connectivity index (χ4v) is 0. The number of hydrogen-bond acceptors (Lipinski definition) is 2. The first-order valence-corrected chi connectivity index (χ1v) is 2.10. The normalized spacial score (nSPS) is 7.25. The van der Waals surface area contributed by atoms with Crippen molar-refractivity contribution in [1.29, 1.82) is 0 Å². The van der Waals surface area contributed by atoms with Crippen LogP contribution in [-0.2, 0) is 10.4 Å². The first-order valence-electron chi connectivity index (χ1n) is 0.698. The molecule has 0 spiro atoms. The molecule has 0 rings (SSSR count). The van der Waals surface area contributed by atoms with E-state index in [4.69, 9.17) is 17.5 Å². The Morgan fingerprint density at radius 3 is 1.00 bits per heavy atom. The first-order chi connectivity index (χ1) is 2.00. The molecule has 0 aliphatic carbocycles. The number of rotatable bonds is 0. The summed E-state index contributed by atoms with van der Waals surface area (Å²) in [6.07, 6.45) is 0. The van der Waals surface area contributed by atoms with E-state index in [1.54, 1.807) is 0 Å². The molecule has 0 amide bonds. The van der Waals surface area contributed by atoms with Crippen LogP contribution in [0.3, 0.4) is 0 Å². The van der Waals surface area contributed by atoms with Crippen molar-refractivity contribution in [3.63, 3.8) is 0 Å². The van der Waals surface area contributed by atoms with Gasteiger partial charge in [-0.2, -0.15) is 8.42 Å². The van der Waals surface area contributed by atoms with Gasteiger partial charge in [0, 0.05) is 126 Å². The molecule has 8 heavy (non-hydrogen) atoms. The van der Waals surface area contributed by atoms with E-state index < -0.39 is 10.4 Å². The Balaban J connectivity index is -0.0000000267. The van der Waals surface area contributed by atoms with Crippen LogP contribution >= 0.6 is 0 Å². The van der Waals surface area contributed by atoms with E-state index in [2.05, 4.69) is 0 Å².